The summed E-state index contributed by atoms with van der Waals surface area (Å²) in [6, 6.07) is 7.94. The lowest BCUT2D eigenvalue weighted by molar-refractivity contribution is 0.168. The number of aryl methyl sites for hydroxylation is 1. The predicted molar refractivity (Wildman–Crippen MR) is 97.4 cm³/mol. The molecule has 1 aromatic heterocycles. The van der Waals surface area contributed by atoms with Crippen LogP contribution < -0.4 is 0 Å². The van der Waals surface area contributed by atoms with E-state index in [1.54, 1.807) is 6.20 Å². The van der Waals surface area contributed by atoms with Gasteiger partial charge in [-0.25, -0.2) is 9.78 Å². The van der Waals surface area contributed by atoms with E-state index in [0.717, 1.165) is 28.7 Å². The fourth-order valence-electron chi connectivity index (χ4n) is 2.08. The van der Waals surface area contributed by atoms with E-state index in [0.29, 0.717) is 5.03 Å². The topological polar surface area (TPSA) is 52.1 Å². The molecule has 128 valence electrons. The first kappa shape index (κ1) is 18.5. The van der Waals surface area contributed by atoms with Crippen LogP contribution in [0.25, 0.3) is 0 Å². The third kappa shape index (κ3) is 5.06. The van der Waals surface area contributed by atoms with Crippen LogP contribution in [0.5, 0.6) is 0 Å². The van der Waals surface area contributed by atoms with Gasteiger partial charge in [-0.05, 0) is 24.3 Å². The Kier molecular flexibility index (Phi) is 6.37. The Labute approximate surface area is 148 Å². The van der Waals surface area contributed by atoms with Gasteiger partial charge in [0.2, 0.25) is 0 Å². The highest BCUT2D eigenvalue weighted by molar-refractivity contribution is 8.13. The van der Waals surface area contributed by atoms with Crippen LogP contribution in [0.1, 0.15) is 62.0 Å². The molecular weight excluding hydrogens is 320 g/mol. The van der Waals surface area contributed by atoms with E-state index in [1.165, 1.54) is 5.56 Å². The molecule has 4 nitrogen and oxygen atoms in total. The molecular formula is C19H24N2O2S. The average Bonchev–Trinajstić information content (AvgIpc) is 2.54. The third-order valence-electron chi connectivity index (χ3n) is 3.58. The summed E-state index contributed by atoms with van der Waals surface area (Å²) in [5.41, 5.74) is 3.87. The minimum Gasteiger partial charge on any atom is -0.452 e. The number of carbonyl (C=O) groups excluding carboxylic acids is 1. The molecule has 5 heteroatoms. The monoisotopic (exact) mass is 344 g/mol. The number of hydrogen-bond donors (Lipinski definition) is 0. The summed E-state index contributed by atoms with van der Waals surface area (Å²) in [5, 5.41) is 0.290. The van der Waals surface area contributed by atoms with E-state index in [-0.39, 0.29) is 23.7 Å². The second kappa shape index (κ2) is 8.29. The van der Waals surface area contributed by atoms with Gasteiger partial charge >= 0.3 is 5.30 Å². The van der Waals surface area contributed by atoms with Crippen LogP contribution >= 0.6 is 11.8 Å². The van der Waals surface area contributed by atoms with Crippen molar-refractivity contribution in [1.82, 2.24) is 9.97 Å². The van der Waals surface area contributed by atoms with Gasteiger partial charge in [0.1, 0.15) is 11.6 Å². The third-order valence-corrected chi connectivity index (χ3v) is 4.36. The van der Waals surface area contributed by atoms with Crippen molar-refractivity contribution in [2.45, 2.75) is 58.1 Å². The Bertz CT molecular complexity index is 697. The fourth-order valence-corrected chi connectivity index (χ4v) is 2.90. The summed E-state index contributed by atoms with van der Waals surface area (Å²) in [5.74, 6) is 0.466. The van der Waals surface area contributed by atoms with Crippen LogP contribution in [0.3, 0.4) is 0 Å². The largest absolute Gasteiger partial charge is 0.452 e. The first-order valence-corrected chi connectivity index (χ1v) is 8.95. The van der Waals surface area contributed by atoms with Crippen LogP contribution in [0.15, 0.2) is 35.5 Å². The number of ether oxygens (including phenoxy) is 1. The lowest BCUT2D eigenvalue weighted by atomic mass is 10.1. The minimum absolute atomic E-state index is 0.200. The number of carbonyl (C=O) groups is 1. The number of rotatable bonds is 5. The van der Waals surface area contributed by atoms with E-state index in [2.05, 4.69) is 23.8 Å². The van der Waals surface area contributed by atoms with Gasteiger partial charge in [0.05, 0.1) is 11.4 Å². The summed E-state index contributed by atoms with van der Waals surface area (Å²) < 4.78 is 5.36. The Hall–Kier alpha value is -1.88. The quantitative estimate of drug-likeness (QED) is 0.532. The maximum atomic E-state index is 12.2. The van der Waals surface area contributed by atoms with Crippen molar-refractivity contribution in [2.24, 2.45) is 0 Å². The first-order chi connectivity index (χ1) is 11.4. The molecule has 0 atom stereocenters. The molecule has 24 heavy (non-hydrogen) atoms. The van der Waals surface area contributed by atoms with Gasteiger partial charge in [0, 0.05) is 18.0 Å². The summed E-state index contributed by atoms with van der Waals surface area (Å²) in [6.45, 7) is 10.5. The molecule has 0 fully saturated rings. The van der Waals surface area contributed by atoms with Crippen molar-refractivity contribution in [3.63, 3.8) is 0 Å². The molecule has 0 saturated carbocycles. The zero-order valence-corrected chi connectivity index (χ0v) is 15.7. The maximum absolute atomic E-state index is 12.2. The molecule has 1 heterocycles. The van der Waals surface area contributed by atoms with Crippen LogP contribution in [0.4, 0.5) is 4.79 Å². The van der Waals surface area contributed by atoms with Gasteiger partial charge in [-0.3, -0.25) is 4.98 Å². The van der Waals surface area contributed by atoms with Gasteiger partial charge in [-0.15, -0.1) is 0 Å². The van der Waals surface area contributed by atoms with Crippen molar-refractivity contribution in [3.05, 3.63) is 53.0 Å². The van der Waals surface area contributed by atoms with Crippen molar-refractivity contribution < 1.29 is 9.53 Å². The second-order valence-electron chi connectivity index (χ2n) is 6.42. The standard InChI is InChI=1S/C19H24N2O2S/c1-12(2)16-10-20-17(13(3)4)18(21-16)24-19(22)23-11-15-8-6-14(5)7-9-15/h6-10,12-13H,11H2,1-5H3. The zero-order valence-electron chi connectivity index (χ0n) is 14.9. The number of thioether (sulfide) groups is 1. The number of aromatic nitrogens is 2. The molecule has 0 aliphatic heterocycles. The summed E-state index contributed by atoms with van der Waals surface area (Å²) >= 11 is 1.02. The number of hydrogen-bond acceptors (Lipinski definition) is 5. The smallest absolute Gasteiger partial charge is 0.374 e. The molecule has 0 unspecified atom stereocenters. The second-order valence-corrected chi connectivity index (χ2v) is 7.35. The Morgan fingerprint density at radius 1 is 1.12 bits per heavy atom. The predicted octanol–water partition coefficient (Wildman–Crippen LogP) is 5.46. The van der Waals surface area contributed by atoms with Crippen LogP contribution in [-0.4, -0.2) is 15.3 Å². The highest BCUT2D eigenvalue weighted by atomic mass is 32.2. The summed E-state index contributed by atoms with van der Waals surface area (Å²) in [7, 11) is 0. The lowest BCUT2D eigenvalue weighted by Gasteiger charge is -2.13. The average molecular weight is 344 g/mol. The van der Waals surface area contributed by atoms with Crippen LogP contribution in [0, 0.1) is 6.92 Å². The van der Waals surface area contributed by atoms with Crippen molar-refractivity contribution in [1.29, 1.82) is 0 Å². The van der Waals surface area contributed by atoms with E-state index in [9.17, 15) is 4.79 Å². The van der Waals surface area contributed by atoms with Crippen molar-refractivity contribution in [2.75, 3.05) is 0 Å². The molecule has 0 spiro atoms. The minimum atomic E-state index is -0.354. The van der Waals surface area contributed by atoms with Crippen LogP contribution in [0.2, 0.25) is 0 Å². The molecule has 0 saturated heterocycles. The molecule has 0 amide bonds. The zero-order chi connectivity index (χ0) is 17.7. The van der Waals surface area contributed by atoms with Gasteiger partial charge in [0.25, 0.3) is 0 Å². The van der Waals surface area contributed by atoms with Crippen molar-refractivity contribution in [3.8, 4) is 0 Å². The van der Waals surface area contributed by atoms with E-state index >= 15 is 0 Å². The first-order valence-electron chi connectivity index (χ1n) is 8.13. The van der Waals surface area contributed by atoms with E-state index in [1.807, 2.05) is 45.0 Å². The molecule has 2 aromatic rings. The van der Waals surface area contributed by atoms with E-state index < -0.39 is 0 Å². The number of nitrogens with zero attached hydrogens (tertiary/aromatic N) is 2. The molecule has 0 aliphatic carbocycles. The highest BCUT2D eigenvalue weighted by Gasteiger charge is 2.17. The molecule has 2 rings (SSSR count). The Balaban J connectivity index is 2.06. The fraction of sp³-hybridized carbons (Fsp3) is 0.421. The van der Waals surface area contributed by atoms with Gasteiger partial charge in [0.15, 0.2) is 0 Å². The molecule has 0 radical (unpaired) electrons. The summed E-state index contributed by atoms with van der Waals surface area (Å²) in [4.78, 5) is 21.3. The van der Waals surface area contributed by atoms with Gasteiger partial charge < -0.3 is 4.74 Å². The lowest BCUT2D eigenvalue weighted by Crippen LogP contribution is -2.06. The highest BCUT2D eigenvalue weighted by Crippen LogP contribution is 2.28. The molecule has 0 N–H and O–H groups in total. The van der Waals surface area contributed by atoms with Gasteiger partial charge in [-0.2, -0.15) is 0 Å². The number of benzene rings is 1. The van der Waals surface area contributed by atoms with Crippen LogP contribution in [-0.2, 0) is 11.3 Å². The Morgan fingerprint density at radius 2 is 1.79 bits per heavy atom. The maximum Gasteiger partial charge on any atom is 0.374 e. The molecule has 1 aromatic carbocycles. The Morgan fingerprint density at radius 3 is 2.38 bits per heavy atom. The van der Waals surface area contributed by atoms with E-state index in [4.69, 9.17) is 4.74 Å². The summed E-state index contributed by atoms with van der Waals surface area (Å²) in [6.07, 6.45) is 1.79. The molecule has 0 aliphatic rings. The van der Waals surface area contributed by atoms with Gasteiger partial charge in [-0.1, -0.05) is 57.5 Å². The molecule has 0 bridgehead atoms. The SMILES string of the molecule is Cc1ccc(COC(=O)Sc2nc(C(C)C)cnc2C(C)C)cc1. The normalized spacial score (nSPS) is 11.1. The van der Waals surface area contributed by atoms with Crippen molar-refractivity contribution >= 4 is 17.1 Å².